The molecule has 3 rings (SSSR count). The second-order valence-electron chi connectivity index (χ2n) is 5.78. The van der Waals surface area contributed by atoms with Crippen molar-refractivity contribution in [2.45, 2.75) is 12.7 Å². The fourth-order valence-electron chi connectivity index (χ4n) is 2.53. The third-order valence-electron chi connectivity index (χ3n) is 3.83. The Balaban J connectivity index is 1.77. The molecule has 11 heteroatoms. The number of benzene rings is 1. The number of hydrogen-bond acceptors (Lipinski definition) is 5. The molecule has 0 aliphatic heterocycles. The maximum atomic E-state index is 13.5. The van der Waals surface area contributed by atoms with Gasteiger partial charge in [0.2, 0.25) is 5.91 Å². The molecule has 0 aliphatic rings. The summed E-state index contributed by atoms with van der Waals surface area (Å²) in [5, 5.41) is 4.11. The number of nitrogens with zero attached hydrogens (tertiary/aromatic N) is 2. The Morgan fingerprint density at radius 1 is 1.31 bits per heavy atom. The number of hydrogen-bond donors (Lipinski definition) is 1. The van der Waals surface area contributed by atoms with Gasteiger partial charge in [-0.25, -0.2) is 9.37 Å². The van der Waals surface area contributed by atoms with Gasteiger partial charge in [-0.05, 0) is 30.3 Å². The summed E-state index contributed by atoms with van der Waals surface area (Å²) in [5.41, 5.74) is -1.96. The zero-order valence-corrected chi connectivity index (χ0v) is 15.6. The Morgan fingerprint density at radius 2 is 2.07 bits per heavy atom. The summed E-state index contributed by atoms with van der Waals surface area (Å²) in [6.45, 7) is -0.624. The topological polar surface area (TPSA) is 73.2 Å². The van der Waals surface area contributed by atoms with E-state index in [4.69, 9.17) is 4.74 Å². The summed E-state index contributed by atoms with van der Waals surface area (Å²) in [5.74, 6) is -0.855. The van der Waals surface area contributed by atoms with Crippen molar-refractivity contribution in [2.75, 3.05) is 12.4 Å². The molecule has 3 aromatic rings. The third kappa shape index (κ3) is 4.62. The van der Waals surface area contributed by atoms with Gasteiger partial charge in [-0.3, -0.25) is 9.59 Å². The first-order valence-electron chi connectivity index (χ1n) is 8.05. The van der Waals surface area contributed by atoms with Crippen molar-refractivity contribution in [3.05, 3.63) is 63.6 Å². The fourth-order valence-corrected chi connectivity index (χ4v) is 3.25. The number of carbonyl (C=O) groups excluding carboxylic acids is 1. The van der Waals surface area contributed by atoms with E-state index in [0.717, 1.165) is 23.6 Å². The molecule has 0 aliphatic carbocycles. The minimum Gasteiger partial charge on any atom is -0.496 e. The lowest BCUT2D eigenvalue weighted by Crippen LogP contribution is -2.31. The van der Waals surface area contributed by atoms with Gasteiger partial charge in [-0.2, -0.15) is 13.2 Å². The summed E-state index contributed by atoms with van der Waals surface area (Å²) in [7, 11) is 1.42. The summed E-state index contributed by atoms with van der Waals surface area (Å²) in [6, 6.07) is 5.57. The Bertz CT molecular complexity index is 1110. The van der Waals surface area contributed by atoms with Gasteiger partial charge in [-0.1, -0.05) is 0 Å². The number of aromatic nitrogens is 2. The van der Waals surface area contributed by atoms with Gasteiger partial charge in [0.05, 0.1) is 12.8 Å². The van der Waals surface area contributed by atoms with E-state index < -0.39 is 35.6 Å². The molecule has 0 saturated carbocycles. The minimum absolute atomic E-state index is 0.135. The van der Waals surface area contributed by atoms with E-state index in [1.54, 1.807) is 5.38 Å². The van der Waals surface area contributed by atoms with Crippen LogP contribution in [0, 0.1) is 5.82 Å². The van der Waals surface area contributed by atoms with Crippen molar-refractivity contribution < 1.29 is 27.1 Å². The number of nitrogens with one attached hydrogen (secondary N) is 1. The van der Waals surface area contributed by atoms with Gasteiger partial charge in [-0.15, -0.1) is 11.3 Å². The molecule has 0 radical (unpaired) electrons. The van der Waals surface area contributed by atoms with Crippen molar-refractivity contribution in [2.24, 2.45) is 0 Å². The molecule has 6 nitrogen and oxygen atoms in total. The number of methoxy groups -OCH3 is 1. The highest BCUT2D eigenvalue weighted by Gasteiger charge is 2.34. The predicted octanol–water partition coefficient (Wildman–Crippen LogP) is 3.78. The molecular formula is C18H13F4N3O3S. The van der Waals surface area contributed by atoms with E-state index in [-0.39, 0.29) is 5.13 Å². The monoisotopic (exact) mass is 427 g/mol. The molecular weight excluding hydrogens is 414 g/mol. The smallest absolute Gasteiger partial charge is 0.421 e. The van der Waals surface area contributed by atoms with Crippen LogP contribution in [0.15, 0.2) is 46.7 Å². The highest BCUT2D eigenvalue weighted by molar-refractivity contribution is 7.14. The SMILES string of the molecule is COc1ccc(F)cc1-c1csc(NC(=O)Cn2cccc(C(F)(F)F)c2=O)n1. The van der Waals surface area contributed by atoms with Gasteiger partial charge in [0.15, 0.2) is 5.13 Å². The molecule has 2 heterocycles. The zero-order valence-electron chi connectivity index (χ0n) is 14.8. The summed E-state index contributed by atoms with van der Waals surface area (Å²) in [4.78, 5) is 28.2. The van der Waals surface area contributed by atoms with Crippen LogP contribution >= 0.6 is 11.3 Å². The van der Waals surface area contributed by atoms with Crippen molar-refractivity contribution >= 4 is 22.4 Å². The Labute approximate surface area is 165 Å². The number of rotatable bonds is 5. The lowest BCUT2D eigenvalue weighted by Gasteiger charge is -2.10. The number of thiazole rings is 1. The lowest BCUT2D eigenvalue weighted by molar-refractivity contribution is -0.139. The average Bonchev–Trinajstić information content (AvgIpc) is 3.10. The molecule has 152 valence electrons. The van der Waals surface area contributed by atoms with Crippen molar-refractivity contribution in [1.82, 2.24) is 9.55 Å². The van der Waals surface area contributed by atoms with Crippen molar-refractivity contribution in [3.8, 4) is 17.0 Å². The molecule has 0 unspecified atom stereocenters. The zero-order chi connectivity index (χ0) is 21.2. The molecule has 0 saturated heterocycles. The van der Waals surface area contributed by atoms with Crippen LogP contribution in [0.4, 0.5) is 22.7 Å². The van der Waals surface area contributed by atoms with Crippen LogP contribution in [0.2, 0.25) is 0 Å². The number of halogens is 4. The van der Waals surface area contributed by atoms with E-state index in [1.807, 2.05) is 0 Å². The van der Waals surface area contributed by atoms with Crippen LogP contribution in [-0.2, 0) is 17.5 Å². The van der Waals surface area contributed by atoms with Gasteiger partial charge >= 0.3 is 6.18 Å². The normalized spacial score (nSPS) is 11.3. The van der Waals surface area contributed by atoms with E-state index in [1.165, 1.54) is 25.3 Å². The van der Waals surface area contributed by atoms with Gasteiger partial charge < -0.3 is 14.6 Å². The molecule has 29 heavy (non-hydrogen) atoms. The second kappa shape index (κ2) is 8.03. The number of ether oxygens (including phenoxy) is 1. The van der Waals surface area contributed by atoms with Gasteiger partial charge in [0.25, 0.3) is 5.56 Å². The highest BCUT2D eigenvalue weighted by Crippen LogP contribution is 2.32. The lowest BCUT2D eigenvalue weighted by atomic mass is 10.1. The number of alkyl halides is 3. The number of amides is 1. The molecule has 0 atom stereocenters. The van der Waals surface area contributed by atoms with Crippen LogP contribution in [-0.4, -0.2) is 22.6 Å². The van der Waals surface area contributed by atoms with Crippen molar-refractivity contribution in [3.63, 3.8) is 0 Å². The van der Waals surface area contributed by atoms with E-state index >= 15 is 0 Å². The number of pyridine rings is 1. The van der Waals surface area contributed by atoms with Crippen LogP contribution in [0.5, 0.6) is 5.75 Å². The van der Waals surface area contributed by atoms with E-state index in [0.29, 0.717) is 27.6 Å². The van der Waals surface area contributed by atoms with Gasteiger partial charge in [0.1, 0.15) is 23.7 Å². The summed E-state index contributed by atoms with van der Waals surface area (Å²) >= 11 is 1.03. The third-order valence-corrected chi connectivity index (χ3v) is 4.59. The molecule has 2 aromatic heterocycles. The summed E-state index contributed by atoms with van der Waals surface area (Å²) < 4.78 is 57.8. The Kier molecular flexibility index (Phi) is 5.69. The molecule has 0 spiro atoms. The maximum absolute atomic E-state index is 13.5. The quantitative estimate of drug-likeness (QED) is 0.629. The number of carbonyl (C=O) groups is 1. The highest BCUT2D eigenvalue weighted by atomic mass is 32.1. The van der Waals surface area contributed by atoms with Crippen LogP contribution < -0.4 is 15.6 Å². The fraction of sp³-hybridized carbons (Fsp3) is 0.167. The molecule has 1 aromatic carbocycles. The van der Waals surface area contributed by atoms with Crippen LogP contribution in [0.25, 0.3) is 11.3 Å². The largest absolute Gasteiger partial charge is 0.496 e. The van der Waals surface area contributed by atoms with Crippen molar-refractivity contribution in [1.29, 1.82) is 0 Å². The Hall–Kier alpha value is -3.21. The maximum Gasteiger partial charge on any atom is 0.421 e. The summed E-state index contributed by atoms with van der Waals surface area (Å²) in [6.07, 6.45) is -3.73. The molecule has 1 N–H and O–H groups in total. The molecule has 1 amide bonds. The van der Waals surface area contributed by atoms with E-state index in [2.05, 4.69) is 10.3 Å². The predicted molar refractivity (Wildman–Crippen MR) is 98.4 cm³/mol. The first kappa shape index (κ1) is 20.5. The van der Waals surface area contributed by atoms with Gasteiger partial charge in [0, 0.05) is 17.1 Å². The number of anilines is 1. The second-order valence-corrected chi connectivity index (χ2v) is 6.64. The Morgan fingerprint density at radius 3 is 2.76 bits per heavy atom. The average molecular weight is 427 g/mol. The standard InChI is InChI=1S/C18H13F4N3O3S/c1-28-14-5-4-10(19)7-11(14)13-9-29-17(23-13)24-15(26)8-25-6-2-3-12(16(25)27)18(20,21)22/h2-7,9H,8H2,1H3,(H,23,24,26). The minimum atomic E-state index is -4.81. The van der Waals surface area contributed by atoms with Crippen LogP contribution in [0.3, 0.4) is 0 Å². The first-order valence-corrected chi connectivity index (χ1v) is 8.93. The van der Waals surface area contributed by atoms with E-state index in [9.17, 15) is 27.2 Å². The molecule has 0 bridgehead atoms. The first-order chi connectivity index (χ1) is 13.7. The molecule has 0 fully saturated rings. The van der Waals surface area contributed by atoms with Crippen LogP contribution in [0.1, 0.15) is 5.56 Å².